The molecule has 0 fully saturated rings. The molecule has 0 aliphatic carbocycles. The van der Waals surface area contributed by atoms with Crippen LogP contribution in [0, 0.1) is 5.92 Å². The summed E-state index contributed by atoms with van der Waals surface area (Å²) in [6.07, 6.45) is 1.55. The number of ether oxygens (including phenoxy) is 1. The van der Waals surface area contributed by atoms with Gasteiger partial charge in [0.2, 0.25) is 11.8 Å². The fourth-order valence-electron chi connectivity index (χ4n) is 2.53. The van der Waals surface area contributed by atoms with Crippen LogP contribution in [0.4, 0.5) is 0 Å². The molecule has 138 valence electrons. The van der Waals surface area contributed by atoms with E-state index in [9.17, 15) is 9.59 Å². The molecule has 0 bridgehead atoms. The molecule has 2 aromatic carbocycles. The Morgan fingerprint density at radius 1 is 1.22 bits per heavy atom. The highest BCUT2D eigenvalue weighted by Gasteiger charge is 2.28. The fourth-order valence-corrected chi connectivity index (χ4v) is 2.53. The lowest BCUT2D eigenvalue weighted by Crippen LogP contribution is -2.29. The Morgan fingerprint density at radius 2 is 1.96 bits per heavy atom. The van der Waals surface area contributed by atoms with Crippen LogP contribution in [-0.2, 0) is 16.2 Å². The fraction of sp³-hybridized carbons (Fsp3) is 0.200. The standard InChI is InChI=1S/C20H20N4O3/c1-14-18(20(26)24-22-14)11-19(25)23-21-12-15-7-9-17(10-8-15)27-13-16-5-3-2-4-6-16/h2-10,12,18H,11,13H2,1H3,(H,23,25)(H,24,26)/b21-12-/t18-/m0/s1. The number of carbonyl (C=O) groups excluding carboxylic acids is 2. The molecule has 2 N–H and O–H groups in total. The molecule has 27 heavy (non-hydrogen) atoms. The molecule has 2 amide bonds. The van der Waals surface area contributed by atoms with E-state index in [2.05, 4.69) is 21.1 Å². The van der Waals surface area contributed by atoms with Crippen molar-refractivity contribution in [1.29, 1.82) is 0 Å². The quantitative estimate of drug-likeness (QED) is 0.583. The van der Waals surface area contributed by atoms with Crippen LogP contribution in [0.5, 0.6) is 5.75 Å². The molecule has 0 saturated carbocycles. The molecular formula is C20H20N4O3. The molecule has 1 aliphatic heterocycles. The zero-order valence-electron chi connectivity index (χ0n) is 14.9. The van der Waals surface area contributed by atoms with Gasteiger partial charge in [-0.3, -0.25) is 9.59 Å². The van der Waals surface area contributed by atoms with Gasteiger partial charge in [0, 0.05) is 12.1 Å². The van der Waals surface area contributed by atoms with Gasteiger partial charge in [-0.2, -0.15) is 10.2 Å². The van der Waals surface area contributed by atoms with Gasteiger partial charge in [0.15, 0.2) is 0 Å². The summed E-state index contributed by atoms with van der Waals surface area (Å²) in [5, 5.41) is 7.73. The van der Waals surface area contributed by atoms with E-state index in [1.165, 1.54) is 6.21 Å². The van der Waals surface area contributed by atoms with E-state index in [0.29, 0.717) is 12.3 Å². The maximum atomic E-state index is 11.9. The van der Waals surface area contributed by atoms with Crippen molar-refractivity contribution in [3.63, 3.8) is 0 Å². The lowest BCUT2D eigenvalue weighted by Gasteiger charge is -2.06. The van der Waals surface area contributed by atoms with Gasteiger partial charge in [0.05, 0.1) is 12.1 Å². The Hall–Kier alpha value is -3.48. The summed E-state index contributed by atoms with van der Waals surface area (Å²) in [6.45, 7) is 2.21. The van der Waals surface area contributed by atoms with Gasteiger partial charge >= 0.3 is 0 Å². The molecule has 2 aromatic rings. The first-order valence-corrected chi connectivity index (χ1v) is 8.54. The summed E-state index contributed by atoms with van der Waals surface area (Å²) in [4.78, 5) is 23.4. The molecule has 1 atom stereocenters. The molecule has 0 unspecified atom stereocenters. The normalized spacial score (nSPS) is 16.1. The predicted molar refractivity (Wildman–Crippen MR) is 102 cm³/mol. The minimum absolute atomic E-state index is 0.0186. The summed E-state index contributed by atoms with van der Waals surface area (Å²) in [5.41, 5.74) is 7.30. The minimum Gasteiger partial charge on any atom is -0.489 e. The monoisotopic (exact) mass is 364 g/mol. The molecule has 3 rings (SSSR count). The molecule has 0 radical (unpaired) electrons. The highest BCUT2D eigenvalue weighted by Crippen LogP contribution is 2.14. The van der Waals surface area contributed by atoms with Crippen molar-refractivity contribution in [2.75, 3.05) is 0 Å². The van der Waals surface area contributed by atoms with E-state index in [4.69, 9.17) is 4.74 Å². The van der Waals surface area contributed by atoms with E-state index in [-0.39, 0.29) is 18.2 Å². The van der Waals surface area contributed by atoms with E-state index in [0.717, 1.165) is 16.9 Å². The van der Waals surface area contributed by atoms with Crippen LogP contribution in [-0.4, -0.2) is 23.7 Å². The van der Waals surface area contributed by atoms with Crippen LogP contribution < -0.4 is 15.6 Å². The van der Waals surface area contributed by atoms with E-state index in [1.54, 1.807) is 6.92 Å². The maximum absolute atomic E-state index is 11.9. The van der Waals surface area contributed by atoms with E-state index in [1.807, 2.05) is 54.6 Å². The topological polar surface area (TPSA) is 92.2 Å². The number of hydrogen-bond acceptors (Lipinski definition) is 5. The molecule has 0 spiro atoms. The molecular weight excluding hydrogens is 344 g/mol. The third-order valence-corrected chi connectivity index (χ3v) is 4.08. The second-order valence-electron chi connectivity index (χ2n) is 6.12. The first-order chi connectivity index (χ1) is 13.1. The minimum atomic E-state index is -0.527. The second kappa shape index (κ2) is 8.75. The number of rotatable bonds is 7. The second-order valence-corrected chi connectivity index (χ2v) is 6.12. The SMILES string of the molecule is CC1=NNC(=O)[C@H]1CC(=O)N/N=C\c1ccc(OCc2ccccc2)cc1. The average molecular weight is 364 g/mol. The largest absolute Gasteiger partial charge is 0.489 e. The highest BCUT2D eigenvalue weighted by atomic mass is 16.5. The predicted octanol–water partition coefficient (Wildman–Crippen LogP) is 2.23. The third-order valence-electron chi connectivity index (χ3n) is 4.08. The lowest BCUT2D eigenvalue weighted by atomic mass is 10.0. The Balaban J connectivity index is 1.45. The van der Waals surface area contributed by atoms with Crippen LogP contribution in [0.25, 0.3) is 0 Å². The summed E-state index contributed by atoms with van der Waals surface area (Å²) in [6, 6.07) is 17.3. The number of hydrogen-bond donors (Lipinski definition) is 2. The van der Waals surface area contributed by atoms with Crippen molar-refractivity contribution < 1.29 is 14.3 Å². The number of carbonyl (C=O) groups is 2. The van der Waals surface area contributed by atoms with Gasteiger partial charge < -0.3 is 4.74 Å². The van der Waals surface area contributed by atoms with E-state index < -0.39 is 5.92 Å². The number of nitrogens with one attached hydrogen (secondary N) is 2. The first kappa shape index (κ1) is 18.3. The van der Waals surface area contributed by atoms with Gasteiger partial charge in [0.1, 0.15) is 12.4 Å². The van der Waals surface area contributed by atoms with Crippen molar-refractivity contribution in [3.8, 4) is 5.75 Å². The van der Waals surface area contributed by atoms with Crippen LogP contribution in [0.2, 0.25) is 0 Å². The molecule has 0 aromatic heterocycles. The van der Waals surface area contributed by atoms with Crippen molar-refractivity contribution in [2.45, 2.75) is 20.0 Å². The summed E-state index contributed by atoms with van der Waals surface area (Å²) >= 11 is 0. The van der Waals surface area contributed by atoms with Crippen LogP contribution in [0.1, 0.15) is 24.5 Å². The first-order valence-electron chi connectivity index (χ1n) is 8.54. The summed E-state index contributed by atoms with van der Waals surface area (Å²) in [7, 11) is 0. The average Bonchev–Trinajstić information content (AvgIpc) is 3.00. The Labute approximate surface area is 157 Å². The van der Waals surface area contributed by atoms with Gasteiger partial charge in [-0.1, -0.05) is 30.3 Å². The smallest absolute Gasteiger partial charge is 0.249 e. The Kier molecular flexibility index (Phi) is 5.94. The van der Waals surface area contributed by atoms with Gasteiger partial charge in [0.25, 0.3) is 0 Å². The lowest BCUT2D eigenvalue weighted by molar-refractivity contribution is -0.127. The van der Waals surface area contributed by atoms with Crippen molar-refractivity contribution in [3.05, 3.63) is 65.7 Å². The van der Waals surface area contributed by atoms with Gasteiger partial charge in [-0.05, 0) is 42.3 Å². The number of nitrogens with zero attached hydrogens (tertiary/aromatic N) is 2. The molecule has 1 heterocycles. The summed E-state index contributed by atoms with van der Waals surface area (Å²) < 4.78 is 5.72. The Morgan fingerprint density at radius 3 is 2.63 bits per heavy atom. The molecule has 0 saturated heterocycles. The van der Waals surface area contributed by atoms with Crippen LogP contribution in [0.3, 0.4) is 0 Å². The van der Waals surface area contributed by atoms with Gasteiger partial charge in [-0.15, -0.1) is 0 Å². The summed E-state index contributed by atoms with van der Waals surface area (Å²) in [5.74, 6) is -0.383. The van der Waals surface area contributed by atoms with Crippen molar-refractivity contribution in [1.82, 2.24) is 10.9 Å². The van der Waals surface area contributed by atoms with Crippen LogP contribution >= 0.6 is 0 Å². The zero-order chi connectivity index (χ0) is 19.1. The van der Waals surface area contributed by atoms with E-state index >= 15 is 0 Å². The number of benzene rings is 2. The molecule has 1 aliphatic rings. The van der Waals surface area contributed by atoms with Crippen molar-refractivity contribution >= 4 is 23.7 Å². The van der Waals surface area contributed by atoms with Crippen LogP contribution in [0.15, 0.2) is 64.8 Å². The zero-order valence-corrected chi connectivity index (χ0v) is 14.9. The van der Waals surface area contributed by atoms with Crippen molar-refractivity contribution in [2.24, 2.45) is 16.1 Å². The number of amides is 2. The Bertz CT molecular complexity index is 861. The molecule has 7 heteroatoms. The van der Waals surface area contributed by atoms with Gasteiger partial charge in [-0.25, -0.2) is 10.9 Å². The highest BCUT2D eigenvalue weighted by molar-refractivity contribution is 6.09. The number of hydrazone groups is 2. The molecule has 7 nitrogen and oxygen atoms in total. The third kappa shape index (κ3) is 5.24. The maximum Gasteiger partial charge on any atom is 0.249 e.